The molecule has 1 N–H and O–H groups in total. The number of nitrogens with zero attached hydrogens (tertiary/aromatic N) is 3. The van der Waals surface area contributed by atoms with Crippen LogP contribution in [0.1, 0.15) is 24.0 Å². The summed E-state index contributed by atoms with van der Waals surface area (Å²) in [6, 6.07) is 93.1. The molecule has 0 unspecified atom stereocenters. The van der Waals surface area contributed by atoms with Crippen LogP contribution < -0.4 is 31.1 Å². The molecule has 370 valence electrons. The van der Waals surface area contributed by atoms with E-state index >= 15 is 0 Å². The van der Waals surface area contributed by atoms with Gasteiger partial charge in [-0.2, -0.15) is 0 Å². The van der Waals surface area contributed by atoms with E-state index in [1.165, 1.54) is 22.0 Å². The third-order valence-electron chi connectivity index (χ3n) is 16.0. The maximum absolute atomic E-state index is 10.8. The largest absolute Gasteiger partial charge is 0.508 e. The van der Waals surface area contributed by atoms with Crippen LogP contribution in [-0.2, 0) is 6.42 Å². The zero-order valence-electron chi connectivity index (χ0n) is 42.8. The highest BCUT2D eigenvalue weighted by Gasteiger charge is 2.44. The van der Waals surface area contributed by atoms with E-state index in [2.05, 4.69) is 234 Å². The van der Waals surface area contributed by atoms with Gasteiger partial charge in [0.25, 0.3) is 6.71 Å². The molecule has 2 aliphatic heterocycles. The van der Waals surface area contributed by atoms with Gasteiger partial charge >= 0.3 is 0 Å². The highest BCUT2D eigenvalue weighted by Crippen LogP contribution is 2.49. The summed E-state index contributed by atoms with van der Waals surface area (Å²) in [5.74, 6) is 2.13. The van der Waals surface area contributed by atoms with Gasteiger partial charge in [-0.1, -0.05) is 146 Å². The van der Waals surface area contributed by atoms with Crippen LogP contribution in [-0.4, -0.2) is 11.8 Å². The number of phenolic OH excluding ortho intramolecular Hbond substituents is 1. The second-order valence-electron chi connectivity index (χ2n) is 20.7. The molecule has 0 fully saturated rings. The molecule has 15 rings (SSSR count). The van der Waals surface area contributed by atoms with Crippen LogP contribution in [0.25, 0.3) is 55.4 Å². The van der Waals surface area contributed by atoms with Crippen molar-refractivity contribution >= 4 is 107 Å². The Kier molecular flexibility index (Phi) is 10.7. The van der Waals surface area contributed by atoms with Crippen molar-refractivity contribution < 1.29 is 13.9 Å². The summed E-state index contributed by atoms with van der Waals surface area (Å²) in [6.45, 7) is 2.12. The lowest BCUT2D eigenvalue weighted by Crippen LogP contribution is -2.61. The number of furan rings is 2. The minimum Gasteiger partial charge on any atom is -0.508 e. The van der Waals surface area contributed by atoms with Gasteiger partial charge in [-0.25, -0.2) is 0 Å². The number of phenols is 1. The minimum absolute atomic E-state index is 0.0649. The van der Waals surface area contributed by atoms with Crippen LogP contribution in [0.4, 0.5) is 51.2 Å². The Morgan fingerprint density at radius 1 is 0.449 bits per heavy atom. The Labute approximate surface area is 453 Å². The van der Waals surface area contributed by atoms with Gasteiger partial charge < -0.3 is 28.6 Å². The fourth-order valence-corrected chi connectivity index (χ4v) is 12.3. The fourth-order valence-electron chi connectivity index (χ4n) is 12.3. The molecule has 0 bridgehead atoms. The number of hydrogen-bond donors (Lipinski definition) is 1. The number of hydrogen-bond acceptors (Lipinski definition) is 6. The summed E-state index contributed by atoms with van der Waals surface area (Å²) < 4.78 is 12.8. The first-order valence-corrected chi connectivity index (χ1v) is 26.8. The van der Waals surface area contributed by atoms with Crippen LogP contribution in [0, 0.1) is 0 Å². The highest BCUT2D eigenvalue weighted by molar-refractivity contribution is 7.00. The average molecular weight is 1000 g/mol. The fraction of sp³-hybridized carbons (Fsp3) is 0.0423. The molecule has 0 aliphatic carbocycles. The lowest BCUT2D eigenvalue weighted by atomic mass is 9.33. The van der Waals surface area contributed by atoms with Crippen LogP contribution in [0.2, 0.25) is 0 Å². The molecule has 4 heterocycles. The number of aromatic hydroxyl groups is 1. The van der Waals surface area contributed by atoms with Crippen molar-refractivity contribution in [3.8, 4) is 28.4 Å². The Morgan fingerprint density at radius 2 is 0.949 bits per heavy atom. The Bertz CT molecular complexity index is 4170. The molecule has 11 aromatic carbocycles. The molecule has 0 spiro atoms. The smallest absolute Gasteiger partial charge is 0.252 e. The molecule has 6 nitrogen and oxygen atoms in total. The van der Waals surface area contributed by atoms with Crippen LogP contribution in [0.15, 0.2) is 270 Å². The van der Waals surface area contributed by atoms with Gasteiger partial charge in [0.1, 0.15) is 28.4 Å². The maximum Gasteiger partial charge on any atom is 0.252 e. The molecule has 2 aromatic heterocycles. The summed E-state index contributed by atoms with van der Waals surface area (Å²) in [5, 5.41) is 15.3. The Balaban J connectivity index is 0.952. The lowest BCUT2D eigenvalue weighted by molar-refractivity contribution is 0.462. The van der Waals surface area contributed by atoms with Gasteiger partial charge in [0, 0.05) is 67.1 Å². The molecule has 0 saturated heterocycles. The summed E-state index contributed by atoms with van der Waals surface area (Å²) in [4.78, 5) is 7.38. The van der Waals surface area contributed by atoms with E-state index in [4.69, 9.17) is 8.83 Å². The first-order valence-electron chi connectivity index (χ1n) is 26.8. The van der Waals surface area contributed by atoms with Gasteiger partial charge in [0.2, 0.25) is 0 Å². The van der Waals surface area contributed by atoms with E-state index in [9.17, 15) is 5.11 Å². The second-order valence-corrected chi connectivity index (χ2v) is 20.7. The zero-order valence-corrected chi connectivity index (χ0v) is 42.8. The van der Waals surface area contributed by atoms with Gasteiger partial charge in [0.15, 0.2) is 0 Å². The van der Waals surface area contributed by atoms with Gasteiger partial charge in [-0.05, 0) is 167 Å². The molecular weight excluding hydrogens is 954 g/mol. The molecule has 0 saturated carbocycles. The molecular formula is C71H50BN3O3. The molecule has 78 heavy (non-hydrogen) atoms. The number of anilines is 9. The van der Waals surface area contributed by atoms with Crippen molar-refractivity contribution in [2.24, 2.45) is 0 Å². The van der Waals surface area contributed by atoms with Crippen molar-refractivity contribution in [3.63, 3.8) is 0 Å². The van der Waals surface area contributed by atoms with E-state index in [1.807, 2.05) is 42.5 Å². The molecule has 1 atom stereocenters. The van der Waals surface area contributed by atoms with Crippen molar-refractivity contribution in [1.82, 2.24) is 0 Å². The molecule has 0 radical (unpaired) electrons. The van der Waals surface area contributed by atoms with E-state index < -0.39 is 0 Å². The summed E-state index contributed by atoms with van der Waals surface area (Å²) in [5.41, 5.74) is 19.3. The van der Waals surface area contributed by atoms with Crippen molar-refractivity contribution in [1.29, 1.82) is 0 Å². The SMILES string of the molecule is C[C@H](Cc1ccc(N(c2cc3c4c(c2)N(c2ccc(-c5cc6ccccc6o5)cc2)c2ccccc2B4c2ccccc2N3c2ccc(-c3cc4ccccc4o3)cc2)c2cccc3ccccc23)cc1)c1ccccc1O. The van der Waals surface area contributed by atoms with Gasteiger partial charge in [-0.15, -0.1) is 0 Å². The number of fused-ring (bicyclic) bond motifs is 7. The first-order chi connectivity index (χ1) is 38.5. The predicted octanol–water partition coefficient (Wildman–Crippen LogP) is 17.3. The van der Waals surface area contributed by atoms with Crippen molar-refractivity contribution in [2.45, 2.75) is 19.3 Å². The zero-order chi connectivity index (χ0) is 51.8. The van der Waals surface area contributed by atoms with Crippen molar-refractivity contribution in [2.75, 3.05) is 14.7 Å². The average Bonchev–Trinajstić information content (AvgIpc) is 4.27. The van der Waals surface area contributed by atoms with Crippen LogP contribution in [0.3, 0.4) is 0 Å². The quantitative estimate of drug-likeness (QED) is 0.138. The monoisotopic (exact) mass is 1000 g/mol. The van der Waals surface area contributed by atoms with Crippen LogP contribution in [0.5, 0.6) is 5.75 Å². The van der Waals surface area contributed by atoms with E-state index in [1.54, 1.807) is 6.07 Å². The summed E-state index contributed by atoms with van der Waals surface area (Å²) in [7, 11) is 0. The van der Waals surface area contributed by atoms with Crippen LogP contribution >= 0.6 is 0 Å². The Morgan fingerprint density at radius 3 is 1.53 bits per heavy atom. The maximum atomic E-state index is 10.8. The highest BCUT2D eigenvalue weighted by atomic mass is 16.3. The number of para-hydroxylation sites is 5. The van der Waals surface area contributed by atoms with Gasteiger partial charge in [-0.3, -0.25) is 0 Å². The number of rotatable bonds is 10. The molecule has 0 amide bonds. The standard InChI is InChI=1S/C71H50BN3O3/c1-46(57-19-6-11-26-66(57)76)41-47-29-35-53(36-30-47)73(61-25-14-18-48-15-2-5-20-58(48)61)56-44-64-71-65(45-56)75(55-39-33-50(34-40-55)70-43-52-17-4-13-28-68(52)78-70)63-24-10-8-22-60(63)72(71)59-21-7-9-23-62(59)74(64)54-37-31-49(32-38-54)69-42-51-16-3-12-27-67(51)77-69/h2-40,42-46,76H,41H2,1H3/t46-/m1/s1. The topological polar surface area (TPSA) is 56.2 Å². The Hall–Kier alpha value is -9.98. The third-order valence-corrected chi connectivity index (χ3v) is 16.0. The summed E-state index contributed by atoms with van der Waals surface area (Å²) in [6.07, 6.45) is 0.781. The summed E-state index contributed by atoms with van der Waals surface area (Å²) >= 11 is 0. The van der Waals surface area contributed by atoms with E-state index in [0.29, 0.717) is 5.75 Å². The second kappa shape index (κ2) is 18.4. The molecule has 7 heteroatoms. The normalized spacial score (nSPS) is 12.9. The van der Waals surface area contributed by atoms with E-state index in [-0.39, 0.29) is 12.6 Å². The predicted molar refractivity (Wildman–Crippen MR) is 323 cm³/mol. The lowest BCUT2D eigenvalue weighted by Gasteiger charge is -2.45. The number of benzene rings is 11. The third kappa shape index (κ3) is 7.57. The van der Waals surface area contributed by atoms with Crippen molar-refractivity contribution in [3.05, 3.63) is 272 Å². The molecule has 2 aliphatic rings. The molecule has 13 aromatic rings. The van der Waals surface area contributed by atoms with Gasteiger partial charge in [0.05, 0.1) is 11.4 Å². The first kappa shape index (κ1) is 45.4. The van der Waals surface area contributed by atoms with E-state index in [0.717, 1.165) is 119 Å². The minimum atomic E-state index is -0.0649.